The lowest BCUT2D eigenvalue weighted by Gasteiger charge is -2.02. The number of nitro groups is 1. The van der Waals surface area contributed by atoms with Crippen LogP contribution in [0.5, 0.6) is 0 Å². The number of isocyanates is 1. The lowest BCUT2D eigenvalue weighted by atomic mass is 10.1. The Hall–Kier alpha value is -2.00. The molecule has 0 aliphatic carbocycles. The maximum absolute atomic E-state index is 10.6. The van der Waals surface area contributed by atoms with E-state index in [1.54, 1.807) is 19.9 Å². The highest BCUT2D eigenvalue weighted by Crippen LogP contribution is 2.32. The summed E-state index contributed by atoms with van der Waals surface area (Å²) >= 11 is 0. The minimum Gasteiger partial charge on any atom is -0.258 e. The number of hydrogen-bond donors (Lipinski definition) is 0. The Morgan fingerprint density at radius 2 is 2.07 bits per heavy atom. The van der Waals surface area contributed by atoms with E-state index in [-0.39, 0.29) is 11.4 Å². The summed E-state index contributed by atoms with van der Waals surface area (Å²) < 4.78 is 0. The van der Waals surface area contributed by atoms with Gasteiger partial charge in [0.25, 0.3) is 5.69 Å². The van der Waals surface area contributed by atoms with Gasteiger partial charge in [-0.05, 0) is 25.0 Å². The number of nitro benzene ring substituents is 1. The van der Waals surface area contributed by atoms with E-state index < -0.39 is 4.92 Å². The van der Waals surface area contributed by atoms with Gasteiger partial charge in [-0.25, -0.2) is 4.79 Å². The maximum atomic E-state index is 10.6. The Morgan fingerprint density at radius 1 is 1.43 bits per heavy atom. The van der Waals surface area contributed by atoms with E-state index in [9.17, 15) is 14.9 Å². The van der Waals surface area contributed by atoms with Crippen LogP contribution in [0.2, 0.25) is 0 Å². The number of aliphatic imine (C=N–C) groups is 1. The van der Waals surface area contributed by atoms with E-state index in [0.29, 0.717) is 5.56 Å². The van der Waals surface area contributed by atoms with Gasteiger partial charge in [0, 0.05) is 6.07 Å². The zero-order valence-corrected chi connectivity index (χ0v) is 7.77. The van der Waals surface area contributed by atoms with Crippen LogP contribution in [0.3, 0.4) is 0 Å². The monoisotopic (exact) mass is 192 g/mol. The summed E-state index contributed by atoms with van der Waals surface area (Å²) in [5, 5.41) is 10.6. The minimum absolute atomic E-state index is 0.0880. The number of carbonyl (C=O) groups excluding carboxylic acids is 1. The van der Waals surface area contributed by atoms with Crippen LogP contribution in [0.1, 0.15) is 11.1 Å². The molecule has 0 aromatic heterocycles. The van der Waals surface area contributed by atoms with Crippen LogP contribution in [0, 0.1) is 24.0 Å². The molecular weight excluding hydrogens is 184 g/mol. The third-order valence-electron chi connectivity index (χ3n) is 2.03. The van der Waals surface area contributed by atoms with Crippen LogP contribution in [-0.4, -0.2) is 11.0 Å². The van der Waals surface area contributed by atoms with Gasteiger partial charge in [-0.15, -0.1) is 0 Å². The highest BCUT2D eigenvalue weighted by molar-refractivity contribution is 5.67. The number of aryl methyl sites for hydroxylation is 1. The van der Waals surface area contributed by atoms with Gasteiger partial charge in [-0.1, -0.05) is 6.07 Å². The molecule has 5 heteroatoms. The molecule has 0 radical (unpaired) electrons. The largest absolute Gasteiger partial charge is 0.296 e. The quantitative estimate of drug-likeness (QED) is 0.312. The Balaban J connectivity index is 3.52. The molecule has 1 aromatic rings. The molecule has 0 spiro atoms. The second kappa shape index (κ2) is 3.81. The fourth-order valence-corrected chi connectivity index (χ4v) is 1.12. The van der Waals surface area contributed by atoms with E-state index in [2.05, 4.69) is 4.99 Å². The maximum Gasteiger partial charge on any atom is 0.296 e. The van der Waals surface area contributed by atoms with E-state index in [1.807, 2.05) is 0 Å². The van der Waals surface area contributed by atoms with Crippen molar-refractivity contribution in [1.82, 2.24) is 0 Å². The van der Waals surface area contributed by atoms with E-state index >= 15 is 0 Å². The average Bonchev–Trinajstić information content (AvgIpc) is 2.13. The van der Waals surface area contributed by atoms with Crippen molar-refractivity contribution in [3.63, 3.8) is 0 Å². The van der Waals surface area contributed by atoms with Crippen LogP contribution in [-0.2, 0) is 4.79 Å². The molecule has 1 rings (SSSR count). The standard InChI is InChI=1S/C9H8N2O3/c1-6-3-4-8(11(13)14)9(7(6)2)10-5-12/h3-4H,1-2H3. The molecule has 0 atom stereocenters. The van der Waals surface area contributed by atoms with Gasteiger partial charge in [0.2, 0.25) is 6.08 Å². The summed E-state index contributed by atoms with van der Waals surface area (Å²) in [6.45, 7) is 3.47. The van der Waals surface area contributed by atoms with Crippen LogP contribution >= 0.6 is 0 Å². The van der Waals surface area contributed by atoms with Crippen LogP contribution in [0.25, 0.3) is 0 Å². The Labute approximate surface area is 80.2 Å². The summed E-state index contributed by atoms with van der Waals surface area (Å²) in [5.41, 5.74) is 1.40. The van der Waals surface area contributed by atoms with Gasteiger partial charge < -0.3 is 0 Å². The molecule has 0 N–H and O–H groups in total. The molecule has 0 heterocycles. The summed E-state index contributed by atoms with van der Waals surface area (Å²) in [4.78, 5) is 23.4. The normalized spacial score (nSPS) is 9.29. The lowest BCUT2D eigenvalue weighted by Crippen LogP contribution is -1.91. The Bertz CT molecular complexity index is 434. The number of rotatable bonds is 2. The van der Waals surface area contributed by atoms with Gasteiger partial charge in [0.05, 0.1) is 4.92 Å². The number of nitrogens with zero attached hydrogens (tertiary/aromatic N) is 2. The van der Waals surface area contributed by atoms with Crippen LogP contribution < -0.4 is 0 Å². The van der Waals surface area contributed by atoms with E-state index in [1.165, 1.54) is 12.1 Å². The van der Waals surface area contributed by atoms with Crippen molar-refractivity contribution in [1.29, 1.82) is 0 Å². The minimum atomic E-state index is -0.567. The van der Waals surface area contributed by atoms with Gasteiger partial charge in [-0.2, -0.15) is 4.99 Å². The van der Waals surface area contributed by atoms with Crippen molar-refractivity contribution in [2.75, 3.05) is 0 Å². The second-order valence-corrected chi connectivity index (χ2v) is 2.84. The van der Waals surface area contributed by atoms with Gasteiger partial charge >= 0.3 is 0 Å². The molecule has 5 nitrogen and oxygen atoms in total. The first-order chi connectivity index (χ1) is 6.57. The highest BCUT2D eigenvalue weighted by Gasteiger charge is 2.16. The summed E-state index contributed by atoms with van der Waals surface area (Å²) in [6.07, 6.45) is 1.32. The average molecular weight is 192 g/mol. The molecule has 14 heavy (non-hydrogen) atoms. The van der Waals surface area contributed by atoms with Crippen molar-refractivity contribution in [3.05, 3.63) is 33.4 Å². The molecule has 0 aliphatic rings. The predicted molar refractivity (Wildman–Crippen MR) is 50.4 cm³/mol. The first-order valence-electron chi connectivity index (χ1n) is 3.90. The molecule has 0 saturated heterocycles. The second-order valence-electron chi connectivity index (χ2n) is 2.84. The fourth-order valence-electron chi connectivity index (χ4n) is 1.12. The van der Waals surface area contributed by atoms with E-state index in [4.69, 9.17) is 0 Å². The molecule has 0 amide bonds. The van der Waals surface area contributed by atoms with Crippen LogP contribution in [0.15, 0.2) is 17.1 Å². The first-order valence-corrected chi connectivity index (χ1v) is 3.90. The molecule has 72 valence electrons. The summed E-state index contributed by atoms with van der Waals surface area (Å²) in [6, 6.07) is 2.95. The van der Waals surface area contributed by atoms with Crippen molar-refractivity contribution in [2.24, 2.45) is 4.99 Å². The third-order valence-corrected chi connectivity index (χ3v) is 2.03. The molecule has 0 unspecified atom stereocenters. The molecule has 0 bridgehead atoms. The Morgan fingerprint density at radius 3 is 2.57 bits per heavy atom. The lowest BCUT2D eigenvalue weighted by molar-refractivity contribution is -0.384. The van der Waals surface area contributed by atoms with Crippen LogP contribution in [0.4, 0.5) is 11.4 Å². The van der Waals surface area contributed by atoms with E-state index in [0.717, 1.165) is 5.56 Å². The van der Waals surface area contributed by atoms with Crippen molar-refractivity contribution in [3.8, 4) is 0 Å². The van der Waals surface area contributed by atoms with Gasteiger partial charge in [0.15, 0.2) is 5.69 Å². The predicted octanol–water partition coefficient (Wildman–Crippen LogP) is 2.18. The van der Waals surface area contributed by atoms with Crippen molar-refractivity contribution in [2.45, 2.75) is 13.8 Å². The smallest absolute Gasteiger partial charge is 0.258 e. The van der Waals surface area contributed by atoms with Crippen molar-refractivity contribution >= 4 is 17.5 Å². The van der Waals surface area contributed by atoms with Gasteiger partial charge in [0.1, 0.15) is 0 Å². The topological polar surface area (TPSA) is 72.6 Å². The Kier molecular flexibility index (Phi) is 2.74. The molecule has 1 aromatic carbocycles. The van der Waals surface area contributed by atoms with Gasteiger partial charge in [-0.3, -0.25) is 10.1 Å². The highest BCUT2D eigenvalue weighted by atomic mass is 16.6. The molecule has 0 aliphatic heterocycles. The molecule has 0 saturated carbocycles. The SMILES string of the molecule is Cc1ccc([N+](=O)[O-])c(N=C=O)c1C. The van der Waals surface area contributed by atoms with Crippen molar-refractivity contribution < 1.29 is 9.72 Å². The number of benzene rings is 1. The zero-order chi connectivity index (χ0) is 10.7. The summed E-state index contributed by atoms with van der Waals surface area (Å²) in [7, 11) is 0. The molecular formula is C9H8N2O3. The first kappa shape index (κ1) is 10.1. The third kappa shape index (κ3) is 1.67. The number of hydrogen-bond acceptors (Lipinski definition) is 4. The fraction of sp³-hybridized carbons (Fsp3) is 0.222. The summed E-state index contributed by atoms with van der Waals surface area (Å²) in [5.74, 6) is 0. The zero-order valence-electron chi connectivity index (χ0n) is 7.77. The molecule has 0 fully saturated rings.